The van der Waals surface area contributed by atoms with Crippen LogP contribution < -0.4 is 5.73 Å². The number of imidazole rings is 1. The summed E-state index contributed by atoms with van der Waals surface area (Å²) in [5.74, 6) is -0.202. The lowest BCUT2D eigenvalue weighted by Crippen LogP contribution is -2.03. The van der Waals surface area contributed by atoms with Gasteiger partial charge in [-0.05, 0) is 40.2 Å². The lowest BCUT2D eigenvalue weighted by molar-refractivity contribution is 0.619. The van der Waals surface area contributed by atoms with Gasteiger partial charge in [0.2, 0.25) is 5.95 Å². The van der Waals surface area contributed by atoms with Gasteiger partial charge in [-0.15, -0.1) is 0 Å². The van der Waals surface area contributed by atoms with Gasteiger partial charge in [0.1, 0.15) is 11.3 Å². The number of benzene rings is 1. The number of rotatable bonds is 1. The Morgan fingerprint density at radius 3 is 2.68 bits per heavy atom. The summed E-state index contributed by atoms with van der Waals surface area (Å²) in [7, 11) is 0. The van der Waals surface area contributed by atoms with Crippen molar-refractivity contribution in [2.75, 3.05) is 5.73 Å². The van der Waals surface area contributed by atoms with Crippen LogP contribution in [0.25, 0.3) is 16.9 Å². The number of hydrogen-bond donors (Lipinski definition) is 1. The fourth-order valence-electron chi connectivity index (χ4n) is 1.86. The molecule has 3 rings (SSSR count). The van der Waals surface area contributed by atoms with E-state index in [1.54, 1.807) is 24.4 Å². The van der Waals surface area contributed by atoms with Crippen LogP contribution in [-0.4, -0.2) is 14.5 Å². The van der Waals surface area contributed by atoms with Crippen molar-refractivity contribution in [3.8, 4) is 5.69 Å². The Bertz CT molecular complexity index is 785. The summed E-state index contributed by atoms with van der Waals surface area (Å²) in [6.07, 6.45) is 1.62. The molecule has 96 valence electrons. The second-order valence-electron chi connectivity index (χ2n) is 3.90. The predicted molar refractivity (Wildman–Crippen MR) is 78.6 cm³/mol. The fourth-order valence-corrected chi connectivity index (χ4v) is 2.51. The summed E-state index contributed by atoms with van der Waals surface area (Å²) in [5.41, 5.74) is 7.30. The highest BCUT2D eigenvalue weighted by Crippen LogP contribution is 2.26. The van der Waals surface area contributed by atoms with Crippen LogP contribution in [0, 0.1) is 5.82 Å². The highest BCUT2D eigenvalue weighted by Gasteiger charge is 2.14. The predicted octanol–water partition coefficient (Wildman–Crippen LogP) is 3.67. The number of halogens is 3. The van der Waals surface area contributed by atoms with Gasteiger partial charge >= 0.3 is 0 Å². The highest BCUT2D eigenvalue weighted by molar-refractivity contribution is 9.10. The summed E-state index contributed by atoms with van der Waals surface area (Å²) in [6, 6.07) is 6.52. The maximum absolute atomic E-state index is 14.0. The van der Waals surface area contributed by atoms with Crippen LogP contribution in [0.1, 0.15) is 0 Å². The van der Waals surface area contributed by atoms with Crippen LogP contribution >= 0.6 is 31.9 Å². The Morgan fingerprint density at radius 1 is 1.16 bits per heavy atom. The van der Waals surface area contributed by atoms with E-state index in [0.717, 1.165) is 4.47 Å². The normalized spacial score (nSPS) is 11.1. The largest absolute Gasteiger partial charge is 0.369 e. The fraction of sp³-hybridized carbons (Fsp3) is 0. The van der Waals surface area contributed by atoms with Crippen molar-refractivity contribution in [1.82, 2.24) is 14.5 Å². The molecule has 1 aromatic carbocycles. The minimum atomic E-state index is -0.398. The Morgan fingerprint density at radius 2 is 1.95 bits per heavy atom. The molecule has 0 atom stereocenters. The van der Waals surface area contributed by atoms with E-state index < -0.39 is 5.82 Å². The molecule has 7 heteroatoms. The van der Waals surface area contributed by atoms with Gasteiger partial charge in [-0.1, -0.05) is 15.9 Å². The molecule has 0 amide bonds. The number of nitrogens with two attached hydrogens (primary N) is 1. The summed E-state index contributed by atoms with van der Waals surface area (Å²) < 4.78 is 17.0. The maximum atomic E-state index is 14.0. The zero-order chi connectivity index (χ0) is 13.6. The zero-order valence-electron chi connectivity index (χ0n) is 9.44. The molecule has 0 spiro atoms. The first kappa shape index (κ1) is 12.6. The first-order chi connectivity index (χ1) is 9.06. The van der Waals surface area contributed by atoms with Crippen LogP contribution in [0.4, 0.5) is 10.3 Å². The van der Waals surface area contributed by atoms with Gasteiger partial charge in [0, 0.05) is 15.1 Å². The molecule has 0 unspecified atom stereocenters. The van der Waals surface area contributed by atoms with Gasteiger partial charge in [0.15, 0.2) is 5.65 Å². The summed E-state index contributed by atoms with van der Waals surface area (Å²) in [4.78, 5) is 8.42. The molecule has 0 saturated heterocycles. The quantitative estimate of drug-likeness (QED) is 0.695. The van der Waals surface area contributed by atoms with E-state index >= 15 is 0 Å². The van der Waals surface area contributed by atoms with Crippen LogP contribution in [0.15, 0.2) is 39.4 Å². The molecule has 4 nitrogen and oxygen atoms in total. The van der Waals surface area contributed by atoms with E-state index in [2.05, 4.69) is 41.8 Å². The van der Waals surface area contributed by atoms with Gasteiger partial charge in [-0.25, -0.2) is 14.4 Å². The average molecular weight is 386 g/mol. The Balaban J connectivity index is 2.33. The molecule has 0 aliphatic heterocycles. The number of nitrogens with zero attached hydrogens (tertiary/aromatic N) is 3. The average Bonchev–Trinajstić information content (AvgIpc) is 2.65. The highest BCUT2D eigenvalue weighted by atomic mass is 79.9. The summed E-state index contributed by atoms with van der Waals surface area (Å²) in [6.45, 7) is 0. The van der Waals surface area contributed by atoms with E-state index in [9.17, 15) is 4.39 Å². The van der Waals surface area contributed by atoms with Crippen LogP contribution in [-0.2, 0) is 0 Å². The first-order valence-corrected chi connectivity index (χ1v) is 6.90. The smallest absolute Gasteiger partial charge is 0.207 e. The number of pyridine rings is 1. The summed E-state index contributed by atoms with van der Waals surface area (Å²) in [5, 5.41) is 0. The SMILES string of the molecule is Nc1nc2cc(Br)cnc2n1-c1ccc(Br)cc1F. The third-order valence-electron chi connectivity index (χ3n) is 2.64. The first-order valence-electron chi connectivity index (χ1n) is 5.31. The van der Waals surface area contributed by atoms with Gasteiger partial charge in [0.25, 0.3) is 0 Å². The third-order valence-corrected chi connectivity index (χ3v) is 3.57. The second-order valence-corrected chi connectivity index (χ2v) is 5.73. The molecule has 0 aliphatic rings. The lowest BCUT2D eigenvalue weighted by atomic mass is 10.3. The van der Waals surface area contributed by atoms with Crippen LogP contribution in [0.3, 0.4) is 0 Å². The molecule has 19 heavy (non-hydrogen) atoms. The number of nitrogen functional groups attached to an aromatic ring is 1. The van der Waals surface area contributed by atoms with E-state index in [4.69, 9.17) is 5.73 Å². The minimum absolute atomic E-state index is 0.196. The molecule has 2 aromatic heterocycles. The van der Waals surface area contributed by atoms with Crippen molar-refractivity contribution < 1.29 is 4.39 Å². The van der Waals surface area contributed by atoms with Crippen molar-refractivity contribution in [3.05, 3.63) is 45.2 Å². The van der Waals surface area contributed by atoms with Gasteiger partial charge in [-0.2, -0.15) is 0 Å². The van der Waals surface area contributed by atoms with Crippen molar-refractivity contribution >= 4 is 49.0 Å². The number of fused-ring (bicyclic) bond motifs is 1. The van der Waals surface area contributed by atoms with Crippen molar-refractivity contribution in [2.24, 2.45) is 0 Å². The third kappa shape index (κ3) is 2.12. The Labute approximate surface area is 124 Å². The van der Waals surface area contributed by atoms with Gasteiger partial charge < -0.3 is 5.73 Å². The van der Waals surface area contributed by atoms with E-state index in [-0.39, 0.29) is 5.95 Å². The number of anilines is 1. The Kier molecular flexibility index (Phi) is 3.02. The van der Waals surface area contributed by atoms with Gasteiger partial charge in [0.05, 0.1) is 5.69 Å². The number of aromatic nitrogens is 3. The second kappa shape index (κ2) is 4.57. The summed E-state index contributed by atoms with van der Waals surface area (Å²) >= 11 is 6.53. The van der Waals surface area contributed by atoms with Crippen molar-refractivity contribution in [1.29, 1.82) is 0 Å². The molecule has 0 aliphatic carbocycles. The Hall–Kier alpha value is -1.47. The molecule has 3 aromatic rings. The molecular formula is C12H7Br2FN4. The standard InChI is InChI=1S/C12H7Br2FN4/c13-6-1-2-10(8(15)3-6)19-11-9(18-12(19)16)4-7(14)5-17-11/h1-5H,(H2,16,18). The molecule has 2 heterocycles. The number of hydrogen-bond acceptors (Lipinski definition) is 3. The van der Waals surface area contributed by atoms with E-state index in [0.29, 0.717) is 21.3 Å². The molecule has 0 saturated carbocycles. The van der Waals surface area contributed by atoms with Crippen LogP contribution in [0.2, 0.25) is 0 Å². The monoisotopic (exact) mass is 384 g/mol. The molecule has 0 bridgehead atoms. The van der Waals surface area contributed by atoms with E-state index in [1.165, 1.54) is 10.6 Å². The van der Waals surface area contributed by atoms with Crippen molar-refractivity contribution in [3.63, 3.8) is 0 Å². The maximum Gasteiger partial charge on any atom is 0.207 e. The topological polar surface area (TPSA) is 56.7 Å². The zero-order valence-corrected chi connectivity index (χ0v) is 12.6. The molecule has 0 fully saturated rings. The molecule has 0 radical (unpaired) electrons. The molecular weight excluding hydrogens is 379 g/mol. The van der Waals surface area contributed by atoms with Crippen LogP contribution in [0.5, 0.6) is 0 Å². The lowest BCUT2D eigenvalue weighted by Gasteiger charge is -2.07. The molecule has 2 N–H and O–H groups in total. The van der Waals surface area contributed by atoms with E-state index in [1.807, 2.05) is 0 Å². The minimum Gasteiger partial charge on any atom is -0.369 e. The van der Waals surface area contributed by atoms with Gasteiger partial charge in [-0.3, -0.25) is 4.57 Å². The van der Waals surface area contributed by atoms with Crippen molar-refractivity contribution in [2.45, 2.75) is 0 Å².